The third kappa shape index (κ3) is 5.05. The number of benzene rings is 1. The van der Waals surface area contributed by atoms with Gasteiger partial charge in [-0.25, -0.2) is 0 Å². The first-order valence-electron chi connectivity index (χ1n) is 7.97. The lowest BCUT2D eigenvalue weighted by atomic mass is 9.86. The van der Waals surface area contributed by atoms with Crippen LogP contribution in [0.3, 0.4) is 0 Å². The van der Waals surface area contributed by atoms with Gasteiger partial charge in [-0.2, -0.15) is 14.0 Å². The number of hydrogen-bond donors (Lipinski definition) is 1. The second kappa shape index (κ2) is 8.44. The molecule has 0 aromatic heterocycles. The van der Waals surface area contributed by atoms with Crippen LogP contribution in [0.25, 0.3) is 6.08 Å². The molecule has 1 aliphatic rings. The molecule has 1 saturated carbocycles. The van der Waals surface area contributed by atoms with E-state index in [-0.39, 0.29) is 17.4 Å². The summed E-state index contributed by atoms with van der Waals surface area (Å²) in [5.74, 6) is 0.0266. The number of nitrogens with one attached hydrogen (secondary N) is 1. The van der Waals surface area contributed by atoms with Crippen LogP contribution in [0.2, 0.25) is 0 Å². The van der Waals surface area contributed by atoms with Crippen LogP contribution in [-0.2, 0) is 4.79 Å². The van der Waals surface area contributed by atoms with Crippen molar-refractivity contribution in [3.8, 4) is 11.8 Å². The first kappa shape index (κ1) is 17.9. The highest BCUT2D eigenvalue weighted by atomic mass is 19.3. The van der Waals surface area contributed by atoms with E-state index in [9.17, 15) is 18.8 Å². The second-order valence-electron chi connectivity index (χ2n) is 5.96. The summed E-state index contributed by atoms with van der Waals surface area (Å²) in [5, 5.41) is 12.1. The van der Waals surface area contributed by atoms with Crippen molar-refractivity contribution in [2.75, 3.05) is 0 Å². The van der Waals surface area contributed by atoms with Crippen LogP contribution >= 0.6 is 0 Å². The molecule has 0 saturated heterocycles. The summed E-state index contributed by atoms with van der Waals surface area (Å²) in [5.41, 5.74) is 0.565. The van der Waals surface area contributed by atoms with E-state index in [1.165, 1.54) is 36.8 Å². The summed E-state index contributed by atoms with van der Waals surface area (Å²) in [4.78, 5) is 12.3. The van der Waals surface area contributed by atoms with Gasteiger partial charge in [0.1, 0.15) is 17.4 Å². The first-order chi connectivity index (χ1) is 11.5. The van der Waals surface area contributed by atoms with Gasteiger partial charge in [-0.15, -0.1) is 0 Å². The average Bonchev–Trinajstić information content (AvgIpc) is 2.55. The summed E-state index contributed by atoms with van der Waals surface area (Å²) < 4.78 is 28.5. The lowest BCUT2D eigenvalue weighted by Crippen LogP contribution is -2.41. The van der Waals surface area contributed by atoms with Crippen molar-refractivity contribution in [1.29, 1.82) is 5.26 Å². The van der Waals surface area contributed by atoms with Crippen molar-refractivity contribution >= 4 is 12.0 Å². The molecule has 0 heterocycles. The maximum Gasteiger partial charge on any atom is 0.387 e. The first-order valence-corrected chi connectivity index (χ1v) is 7.97. The van der Waals surface area contributed by atoms with Gasteiger partial charge < -0.3 is 10.1 Å². The van der Waals surface area contributed by atoms with Crippen LogP contribution in [0.15, 0.2) is 29.8 Å². The lowest BCUT2D eigenvalue weighted by Gasteiger charge is -2.29. The fourth-order valence-electron chi connectivity index (χ4n) is 2.84. The Morgan fingerprint density at radius 2 is 2.00 bits per heavy atom. The van der Waals surface area contributed by atoms with Crippen LogP contribution < -0.4 is 10.1 Å². The van der Waals surface area contributed by atoms with E-state index in [0.717, 1.165) is 19.3 Å². The normalized spacial score (nSPS) is 21.2. The number of ether oxygens (including phenoxy) is 1. The minimum Gasteiger partial charge on any atom is -0.435 e. The molecule has 1 amide bonds. The smallest absolute Gasteiger partial charge is 0.387 e. The Morgan fingerprint density at radius 3 is 2.58 bits per heavy atom. The lowest BCUT2D eigenvalue weighted by molar-refractivity contribution is -0.118. The summed E-state index contributed by atoms with van der Waals surface area (Å²) in [6.45, 7) is -0.786. The topological polar surface area (TPSA) is 62.1 Å². The molecule has 1 aromatic carbocycles. The molecule has 0 spiro atoms. The number of carbonyl (C=O) groups excluding carboxylic acids is 1. The van der Waals surface area contributed by atoms with E-state index in [0.29, 0.717) is 11.5 Å². The predicted molar refractivity (Wildman–Crippen MR) is 86.2 cm³/mol. The number of rotatable bonds is 5. The summed E-state index contributed by atoms with van der Waals surface area (Å²) in [6.07, 6.45) is 5.68. The fourth-order valence-corrected chi connectivity index (χ4v) is 2.84. The zero-order chi connectivity index (χ0) is 17.5. The zero-order valence-electron chi connectivity index (χ0n) is 13.5. The van der Waals surface area contributed by atoms with Crippen molar-refractivity contribution in [1.82, 2.24) is 5.32 Å². The summed E-state index contributed by atoms with van der Waals surface area (Å²) in [7, 11) is 0. The number of alkyl halides is 2. The maximum atomic E-state index is 12.3. The van der Waals surface area contributed by atoms with Crippen molar-refractivity contribution in [3.63, 3.8) is 0 Å². The molecule has 128 valence electrons. The zero-order valence-corrected chi connectivity index (χ0v) is 13.5. The molecule has 0 bridgehead atoms. The minimum atomic E-state index is -2.88. The van der Waals surface area contributed by atoms with Gasteiger partial charge in [0.2, 0.25) is 0 Å². The van der Waals surface area contributed by atoms with Gasteiger partial charge >= 0.3 is 6.61 Å². The molecule has 1 aromatic rings. The Hall–Kier alpha value is -2.42. The molecule has 2 rings (SSSR count). The van der Waals surface area contributed by atoms with Gasteiger partial charge in [0.25, 0.3) is 5.91 Å². The predicted octanol–water partition coefficient (Wildman–Crippen LogP) is 3.89. The molecule has 24 heavy (non-hydrogen) atoms. The van der Waals surface area contributed by atoms with E-state index in [2.05, 4.69) is 17.0 Å². The number of hydrogen-bond acceptors (Lipinski definition) is 3. The van der Waals surface area contributed by atoms with Crippen LogP contribution in [0.5, 0.6) is 5.75 Å². The van der Waals surface area contributed by atoms with Gasteiger partial charge in [-0.3, -0.25) is 4.79 Å². The van der Waals surface area contributed by atoms with E-state index < -0.39 is 12.5 Å². The van der Waals surface area contributed by atoms with Crippen molar-refractivity contribution in [2.45, 2.75) is 45.3 Å². The molecule has 1 N–H and O–H groups in total. The third-order valence-electron chi connectivity index (χ3n) is 4.21. The number of carbonyl (C=O) groups is 1. The van der Waals surface area contributed by atoms with Crippen LogP contribution in [0, 0.1) is 17.2 Å². The largest absolute Gasteiger partial charge is 0.435 e. The van der Waals surface area contributed by atoms with Crippen molar-refractivity contribution in [3.05, 3.63) is 35.4 Å². The number of amides is 1. The van der Waals surface area contributed by atoms with Crippen LogP contribution in [0.4, 0.5) is 8.78 Å². The Balaban J connectivity index is 2.05. The quantitative estimate of drug-likeness (QED) is 0.656. The number of nitriles is 1. The highest BCUT2D eigenvalue weighted by Gasteiger charge is 2.24. The standard InChI is InChI=1S/C18H20F2N2O2/c1-12-4-2-3-5-16(12)22-17(23)14(11-21)10-13-6-8-15(9-7-13)24-18(19)20/h6-10,12,16,18H,2-5H2,1H3,(H,22,23)/b14-10-. The summed E-state index contributed by atoms with van der Waals surface area (Å²) >= 11 is 0. The molecule has 2 atom stereocenters. The Kier molecular flexibility index (Phi) is 6.30. The monoisotopic (exact) mass is 334 g/mol. The van der Waals surface area contributed by atoms with Gasteiger partial charge in [0.15, 0.2) is 0 Å². The van der Waals surface area contributed by atoms with Gasteiger partial charge in [-0.05, 0) is 42.5 Å². The molecule has 0 radical (unpaired) electrons. The molecule has 6 heteroatoms. The molecule has 1 fully saturated rings. The third-order valence-corrected chi connectivity index (χ3v) is 4.21. The molecule has 4 nitrogen and oxygen atoms in total. The second-order valence-corrected chi connectivity index (χ2v) is 5.96. The van der Waals surface area contributed by atoms with Crippen LogP contribution in [0.1, 0.15) is 38.2 Å². The minimum absolute atomic E-state index is 0.00435. The highest BCUT2D eigenvalue weighted by molar-refractivity contribution is 6.01. The van der Waals surface area contributed by atoms with Crippen molar-refractivity contribution in [2.24, 2.45) is 5.92 Å². The van der Waals surface area contributed by atoms with Gasteiger partial charge in [0, 0.05) is 6.04 Å². The number of nitrogens with zero attached hydrogens (tertiary/aromatic N) is 1. The summed E-state index contributed by atoms with van der Waals surface area (Å²) in [6, 6.07) is 7.76. The molecular formula is C18H20F2N2O2. The molecule has 2 unspecified atom stereocenters. The van der Waals surface area contributed by atoms with Gasteiger partial charge in [0.05, 0.1) is 0 Å². The average molecular weight is 334 g/mol. The maximum absolute atomic E-state index is 12.3. The Labute approximate surface area is 140 Å². The van der Waals surface area contributed by atoms with Crippen molar-refractivity contribution < 1.29 is 18.3 Å². The fraction of sp³-hybridized carbons (Fsp3) is 0.444. The molecular weight excluding hydrogens is 314 g/mol. The van der Waals surface area contributed by atoms with E-state index in [1.54, 1.807) is 0 Å². The Morgan fingerprint density at radius 1 is 1.33 bits per heavy atom. The van der Waals surface area contributed by atoms with E-state index in [4.69, 9.17) is 0 Å². The van der Waals surface area contributed by atoms with E-state index in [1.807, 2.05) is 6.07 Å². The highest BCUT2D eigenvalue weighted by Crippen LogP contribution is 2.24. The van der Waals surface area contributed by atoms with Gasteiger partial charge in [-0.1, -0.05) is 31.9 Å². The van der Waals surface area contributed by atoms with E-state index >= 15 is 0 Å². The van der Waals surface area contributed by atoms with Crippen LogP contribution in [-0.4, -0.2) is 18.6 Å². The number of halogens is 2. The molecule has 1 aliphatic carbocycles. The molecule has 0 aliphatic heterocycles. The SMILES string of the molecule is CC1CCCCC1NC(=O)/C(C#N)=C\c1ccc(OC(F)F)cc1. The Bertz CT molecular complexity index is 635.